The van der Waals surface area contributed by atoms with Crippen LogP contribution in [0, 0.1) is 13.8 Å². The first-order chi connectivity index (χ1) is 15.1. The summed E-state index contributed by atoms with van der Waals surface area (Å²) in [4.78, 5) is 30.4. The van der Waals surface area contributed by atoms with Crippen molar-refractivity contribution < 1.29 is 14.3 Å². The van der Waals surface area contributed by atoms with Gasteiger partial charge >= 0.3 is 0 Å². The predicted molar refractivity (Wildman–Crippen MR) is 121 cm³/mol. The van der Waals surface area contributed by atoms with Gasteiger partial charge in [-0.15, -0.1) is 0 Å². The number of benzene rings is 2. The minimum Gasteiger partial charge on any atom is -0.379 e. The van der Waals surface area contributed by atoms with Gasteiger partial charge in [0.05, 0.1) is 18.8 Å². The Bertz CT molecular complexity index is 994. The van der Waals surface area contributed by atoms with Crippen molar-refractivity contribution in [2.45, 2.75) is 20.3 Å². The number of rotatable bonds is 7. The molecule has 2 aromatic carbocycles. The van der Waals surface area contributed by atoms with Gasteiger partial charge in [-0.05, 0) is 43.0 Å². The first-order valence-corrected chi connectivity index (χ1v) is 10.9. The molecule has 0 spiro atoms. The van der Waals surface area contributed by atoms with Crippen molar-refractivity contribution in [2.24, 2.45) is 0 Å². The van der Waals surface area contributed by atoms with Crippen LogP contribution in [-0.4, -0.2) is 61.0 Å². The molecular formula is C25H29N3O3. The summed E-state index contributed by atoms with van der Waals surface area (Å²) in [5, 5.41) is 3.29. The van der Waals surface area contributed by atoms with Crippen molar-refractivity contribution in [3.8, 4) is 0 Å². The van der Waals surface area contributed by atoms with Crippen LogP contribution in [0.15, 0.2) is 54.2 Å². The van der Waals surface area contributed by atoms with Crippen LogP contribution in [0.3, 0.4) is 0 Å². The number of nitrogens with zero attached hydrogens (tertiary/aromatic N) is 2. The Morgan fingerprint density at radius 1 is 0.903 bits per heavy atom. The van der Waals surface area contributed by atoms with Crippen molar-refractivity contribution in [3.63, 3.8) is 0 Å². The number of imide groups is 1. The highest BCUT2D eigenvalue weighted by Gasteiger charge is 2.39. The average molecular weight is 420 g/mol. The average Bonchev–Trinajstić information content (AvgIpc) is 3.02. The molecule has 0 atom stereocenters. The van der Waals surface area contributed by atoms with Gasteiger partial charge in [-0.2, -0.15) is 0 Å². The van der Waals surface area contributed by atoms with E-state index in [1.54, 1.807) is 0 Å². The lowest BCUT2D eigenvalue weighted by atomic mass is 10.0. The zero-order chi connectivity index (χ0) is 21.8. The van der Waals surface area contributed by atoms with Gasteiger partial charge in [0.25, 0.3) is 11.8 Å². The highest BCUT2D eigenvalue weighted by molar-refractivity contribution is 6.36. The molecule has 0 aliphatic carbocycles. The van der Waals surface area contributed by atoms with E-state index in [2.05, 4.69) is 10.2 Å². The molecule has 0 bridgehead atoms. The third kappa shape index (κ3) is 4.55. The van der Waals surface area contributed by atoms with Crippen LogP contribution in [0.2, 0.25) is 0 Å². The Morgan fingerprint density at radius 2 is 1.65 bits per heavy atom. The van der Waals surface area contributed by atoms with Crippen molar-refractivity contribution >= 4 is 23.1 Å². The first-order valence-electron chi connectivity index (χ1n) is 10.9. The Labute approximate surface area is 183 Å². The second-order valence-corrected chi connectivity index (χ2v) is 8.06. The first kappa shape index (κ1) is 21.3. The zero-order valence-electron chi connectivity index (χ0n) is 18.2. The molecule has 1 saturated heterocycles. The minimum absolute atomic E-state index is 0.231. The Morgan fingerprint density at radius 3 is 2.39 bits per heavy atom. The molecule has 4 rings (SSSR count). The summed E-state index contributed by atoms with van der Waals surface area (Å²) in [6.07, 6.45) is 0.746. The molecule has 0 saturated carbocycles. The molecule has 0 aromatic heterocycles. The van der Waals surface area contributed by atoms with Gasteiger partial charge in [-0.3, -0.25) is 19.4 Å². The second-order valence-electron chi connectivity index (χ2n) is 8.06. The Kier molecular flexibility index (Phi) is 6.49. The maximum absolute atomic E-state index is 13.3. The number of amides is 2. The standard InChI is InChI=1S/C25H29N3O3/c1-18-8-6-11-21(19(18)2)26-23-22(20-9-4-3-5-10-20)24(29)28(25(23)30)13-7-12-27-14-16-31-17-15-27/h3-6,8-11,26H,7,12-17H2,1-2H3. The molecule has 1 N–H and O–H groups in total. The molecule has 6 heteroatoms. The maximum Gasteiger partial charge on any atom is 0.278 e. The van der Waals surface area contributed by atoms with Crippen LogP contribution < -0.4 is 5.32 Å². The monoisotopic (exact) mass is 419 g/mol. The quantitative estimate of drug-likeness (QED) is 0.699. The van der Waals surface area contributed by atoms with E-state index in [1.165, 1.54) is 4.90 Å². The van der Waals surface area contributed by atoms with E-state index >= 15 is 0 Å². The van der Waals surface area contributed by atoms with Gasteiger partial charge in [0.15, 0.2) is 0 Å². The number of morpholine rings is 1. The van der Waals surface area contributed by atoms with Crippen LogP contribution in [0.5, 0.6) is 0 Å². The highest BCUT2D eigenvalue weighted by atomic mass is 16.5. The van der Waals surface area contributed by atoms with Crippen LogP contribution >= 0.6 is 0 Å². The maximum atomic E-state index is 13.3. The summed E-state index contributed by atoms with van der Waals surface area (Å²) in [5.41, 5.74) is 4.60. The normalized spacial score (nSPS) is 17.5. The van der Waals surface area contributed by atoms with Crippen molar-refractivity contribution in [2.75, 3.05) is 44.7 Å². The summed E-state index contributed by atoms with van der Waals surface area (Å²) >= 11 is 0. The molecular weight excluding hydrogens is 390 g/mol. The molecule has 2 aliphatic heterocycles. The molecule has 162 valence electrons. The number of aryl methyl sites for hydroxylation is 1. The molecule has 0 unspecified atom stereocenters. The van der Waals surface area contributed by atoms with Gasteiger partial charge in [-0.25, -0.2) is 0 Å². The third-order valence-electron chi connectivity index (χ3n) is 6.05. The van der Waals surface area contributed by atoms with E-state index in [-0.39, 0.29) is 11.8 Å². The van der Waals surface area contributed by atoms with E-state index in [4.69, 9.17) is 4.74 Å². The molecule has 2 aromatic rings. The molecule has 1 fully saturated rings. The lowest BCUT2D eigenvalue weighted by molar-refractivity contribution is -0.136. The number of anilines is 1. The minimum atomic E-state index is -0.258. The Balaban J connectivity index is 1.57. The summed E-state index contributed by atoms with van der Waals surface area (Å²) in [6, 6.07) is 15.4. The van der Waals surface area contributed by atoms with Crippen LogP contribution in [0.4, 0.5) is 5.69 Å². The van der Waals surface area contributed by atoms with E-state index in [1.807, 2.05) is 62.4 Å². The smallest absolute Gasteiger partial charge is 0.278 e. The summed E-state index contributed by atoms with van der Waals surface area (Å²) in [7, 11) is 0. The van der Waals surface area contributed by atoms with E-state index in [9.17, 15) is 9.59 Å². The van der Waals surface area contributed by atoms with Gasteiger partial charge in [0.1, 0.15) is 5.70 Å². The van der Waals surface area contributed by atoms with Crippen molar-refractivity contribution in [1.82, 2.24) is 9.80 Å². The van der Waals surface area contributed by atoms with Crippen LogP contribution in [0.1, 0.15) is 23.1 Å². The topological polar surface area (TPSA) is 61.9 Å². The summed E-state index contributed by atoms with van der Waals surface area (Å²) in [6.45, 7) is 8.58. The van der Waals surface area contributed by atoms with Crippen LogP contribution in [-0.2, 0) is 14.3 Å². The SMILES string of the molecule is Cc1cccc(NC2=C(c3ccccc3)C(=O)N(CCCN3CCOCC3)C2=O)c1C. The number of hydrogen-bond donors (Lipinski definition) is 1. The zero-order valence-corrected chi connectivity index (χ0v) is 18.2. The lowest BCUT2D eigenvalue weighted by Crippen LogP contribution is -2.39. The van der Waals surface area contributed by atoms with Gasteiger partial charge in [0, 0.05) is 31.9 Å². The number of nitrogens with one attached hydrogen (secondary N) is 1. The largest absolute Gasteiger partial charge is 0.379 e. The summed E-state index contributed by atoms with van der Waals surface area (Å²) in [5.74, 6) is -0.488. The van der Waals surface area contributed by atoms with Gasteiger partial charge in [0.2, 0.25) is 0 Å². The van der Waals surface area contributed by atoms with E-state index in [0.29, 0.717) is 17.8 Å². The molecule has 31 heavy (non-hydrogen) atoms. The van der Waals surface area contributed by atoms with Gasteiger partial charge in [-0.1, -0.05) is 42.5 Å². The molecule has 6 nitrogen and oxygen atoms in total. The molecule has 2 aliphatic rings. The number of ether oxygens (including phenoxy) is 1. The molecule has 0 radical (unpaired) electrons. The van der Waals surface area contributed by atoms with Crippen molar-refractivity contribution in [1.29, 1.82) is 0 Å². The third-order valence-corrected chi connectivity index (χ3v) is 6.05. The number of carbonyl (C=O) groups is 2. The Hall–Kier alpha value is -2.96. The fourth-order valence-electron chi connectivity index (χ4n) is 4.07. The predicted octanol–water partition coefficient (Wildman–Crippen LogP) is 3.22. The molecule has 2 heterocycles. The lowest BCUT2D eigenvalue weighted by Gasteiger charge is -2.27. The highest BCUT2D eigenvalue weighted by Crippen LogP contribution is 2.31. The van der Waals surface area contributed by atoms with Crippen molar-refractivity contribution in [3.05, 3.63) is 70.9 Å². The second kappa shape index (κ2) is 9.45. The summed E-state index contributed by atoms with van der Waals surface area (Å²) < 4.78 is 5.39. The molecule has 2 amide bonds. The van der Waals surface area contributed by atoms with Crippen LogP contribution in [0.25, 0.3) is 5.57 Å². The van der Waals surface area contributed by atoms with E-state index < -0.39 is 0 Å². The number of carbonyl (C=O) groups excluding carboxylic acids is 2. The number of hydrogen-bond acceptors (Lipinski definition) is 5. The van der Waals surface area contributed by atoms with Gasteiger partial charge < -0.3 is 10.1 Å². The fraction of sp³-hybridized carbons (Fsp3) is 0.360. The van der Waals surface area contributed by atoms with E-state index in [0.717, 1.165) is 61.6 Å². The fourth-order valence-corrected chi connectivity index (χ4v) is 4.07.